The van der Waals surface area contributed by atoms with Crippen molar-refractivity contribution >= 4 is 39.8 Å². The second kappa shape index (κ2) is 10.8. The summed E-state index contributed by atoms with van der Waals surface area (Å²) in [4.78, 5) is 18.8. The van der Waals surface area contributed by atoms with Crippen LogP contribution in [0.15, 0.2) is 71.7 Å². The summed E-state index contributed by atoms with van der Waals surface area (Å²) in [5.41, 5.74) is 5.16. The molecule has 0 bridgehead atoms. The highest BCUT2D eigenvalue weighted by Gasteiger charge is 2.19. The minimum absolute atomic E-state index is 0.0636. The Morgan fingerprint density at radius 3 is 2.68 bits per heavy atom. The molecule has 34 heavy (non-hydrogen) atoms. The largest absolute Gasteiger partial charge is 0.298 e. The Morgan fingerprint density at radius 1 is 1.21 bits per heavy atom. The average molecular weight is 490 g/mol. The van der Waals surface area contributed by atoms with Crippen molar-refractivity contribution in [3.8, 4) is 11.4 Å². The highest BCUT2D eigenvalue weighted by atomic mass is 32.2. The van der Waals surface area contributed by atoms with Gasteiger partial charge in [0.2, 0.25) is 5.91 Å². The van der Waals surface area contributed by atoms with Gasteiger partial charge in [0.15, 0.2) is 16.1 Å². The van der Waals surface area contributed by atoms with Crippen LogP contribution in [-0.4, -0.2) is 25.7 Å². The SMILES string of the molecule is C=CCn1c(SCc2csc(N(C(C)=O)c3ccc(CC)cc3)n2)nnc1-c1cccc(C)c1. The summed E-state index contributed by atoms with van der Waals surface area (Å²) in [6.45, 7) is 10.3. The maximum Gasteiger partial charge on any atom is 0.230 e. The van der Waals surface area contributed by atoms with Crippen molar-refractivity contribution in [2.75, 3.05) is 4.90 Å². The molecule has 0 aliphatic rings. The molecule has 4 aromatic rings. The van der Waals surface area contributed by atoms with Crippen LogP contribution in [0, 0.1) is 6.92 Å². The van der Waals surface area contributed by atoms with Gasteiger partial charge in [-0.3, -0.25) is 14.3 Å². The van der Waals surface area contributed by atoms with Gasteiger partial charge in [0, 0.05) is 30.2 Å². The summed E-state index contributed by atoms with van der Waals surface area (Å²) < 4.78 is 2.07. The molecule has 0 aliphatic heterocycles. The second-order valence-corrected chi connectivity index (χ2v) is 9.64. The lowest BCUT2D eigenvalue weighted by molar-refractivity contribution is -0.115. The molecule has 4 rings (SSSR count). The summed E-state index contributed by atoms with van der Waals surface area (Å²) in [6.07, 6.45) is 2.81. The molecule has 2 heterocycles. The molecular weight excluding hydrogens is 462 g/mol. The topological polar surface area (TPSA) is 63.9 Å². The van der Waals surface area contributed by atoms with Gasteiger partial charge in [0.1, 0.15) is 0 Å². The number of amides is 1. The number of allylic oxidation sites excluding steroid dienone is 1. The zero-order valence-corrected chi connectivity index (χ0v) is 21.2. The van der Waals surface area contributed by atoms with Crippen LogP contribution in [0.2, 0.25) is 0 Å². The van der Waals surface area contributed by atoms with Crippen LogP contribution in [0.4, 0.5) is 10.8 Å². The minimum Gasteiger partial charge on any atom is -0.298 e. The number of aromatic nitrogens is 4. The number of carbonyl (C=O) groups is 1. The summed E-state index contributed by atoms with van der Waals surface area (Å²) in [7, 11) is 0. The van der Waals surface area contributed by atoms with E-state index in [1.165, 1.54) is 22.5 Å². The number of anilines is 2. The van der Waals surface area contributed by atoms with Crippen LogP contribution >= 0.6 is 23.1 Å². The number of carbonyl (C=O) groups excluding carboxylic acids is 1. The van der Waals surface area contributed by atoms with E-state index < -0.39 is 0 Å². The van der Waals surface area contributed by atoms with Crippen LogP contribution in [0.5, 0.6) is 0 Å². The monoisotopic (exact) mass is 489 g/mol. The Labute approximate surface area is 208 Å². The molecule has 6 nitrogen and oxygen atoms in total. The lowest BCUT2D eigenvalue weighted by atomic mass is 10.1. The molecule has 1 amide bonds. The van der Waals surface area contributed by atoms with E-state index >= 15 is 0 Å². The molecular formula is C26H27N5OS2. The van der Waals surface area contributed by atoms with E-state index in [0.717, 1.165) is 34.3 Å². The fourth-order valence-corrected chi connectivity index (χ4v) is 5.43. The zero-order valence-electron chi connectivity index (χ0n) is 19.6. The fraction of sp³-hybridized carbons (Fsp3) is 0.231. The predicted molar refractivity (Wildman–Crippen MR) is 141 cm³/mol. The first kappa shape index (κ1) is 23.9. The van der Waals surface area contributed by atoms with Crippen LogP contribution in [-0.2, 0) is 23.5 Å². The molecule has 0 unspecified atom stereocenters. The van der Waals surface area contributed by atoms with Gasteiger partial charge >= 0.3 is 0 Å². The Kier molecular flexibility index (Phi) is 7.59. The van der Waals surface area contributed by atoms with Crippen molar-refractivity contribution in [3.05, 3.63) is 83.4 Å². The van der Waals surface area contributed by atoms with Crippen molar-refractivity contribution in [3.63, 3.8) is 0 Å². The number of benzene rings is 2. The molecule has 0 atom stereocenters. The van der Waals surface area contributed by atoms with Crippen molar-refractivity contribution in [1.82, 2.24) is 19.7 Å². The van der Waals surface area contributed by atoms with Gasteiger partial charge in [-0.1, -0.05) is 60.7 Å². The molecule has 0 spiro atoms. The van der Waals surface area contributed by atoms with E-state index in [1.807, 2.05) is 47.9 Å². The first-order chi connectivity index (χ1) is 16.5. The zero-order chi connectivity index (χ0) is 24.1. The number of aryl methyl sites for hydroxylation is 2. The highest BCUT2D eigenvalue weighted by molar-refractivity contribution is 7.98. The van der Waals surface area contributed by atoms with Crippen molar-refractivity contribution in [2.24, 2.45) is 0 Å². The van der Waals surface area contributed by atoms with Crippen LogP contribution < -0.4 is 4.90 Å². The number of hydrogen-bond donors (Lipinski definition) is 0. The fourth-order valence-electron chi connectivity index (χ4n) is 3.60. The standard InChI is InChI=1S/C26H27N5OS2/c1-5-14-30-24(21-9-7-8-18(3)15-21)28-29-26(30)34-17-22-16-33-25(27-22)31(19(4)32)23-12-10-20(6-2)11-13-23/h5,7-13,15-16H,1,6,14,17H2,2-4H3. The van der Waals surface area contributed by atoms with Gasteiger partial charge in [-0.15, -0.1) is 28.1 Å². The molecule has 0 N–H and O–H groups in total. The van der Waals surface area contributed by atoms with Crippen LogP contribution in [0.3, 0.4) is 0 Å². The van der Waals surface area contributed by atoms with Gasteiger partial charge in [-0.25, -0.2) is 4.98 Å². The van der Waals surface area contributed by atoms with E-state index in [2.05, 4.69) is 47.3 Å². The van der Waals surface area contributed by atoms with Gasteiger partial charge in [0.25, 0.3) is 0 Å². The quantitative estimate of drug-likeness (QED) is 0.200. The summed E-state index contributed by atoms with van der Waals surface area (Å²) in [5, 5.41) is 12.3. The van der Waals surface area contributed by atoms with Gasteiger partial charge < -0.3 is 0 Å². The summed E-state index contributed by atoms with van der Waals surface area (Å²) in [5.74, 6) is 1.38. The molecule has 2 aromatic carbocycles. The molecule has 2 aromatic heterocycles. The summed E-state index contributed by atoms with van der Waals surface area (Å²) >= 11 is 3.04. The lowest BCUT2D eigenvalue weighted by Crippen LogP contribution is -2.22. The molecule has 8 heteroatoms. The van der Waals surface area contributed by atoms with Crippen LogP contribution in [0.25, 0.3) is 11.4 Å². The van der Waals surface area contributed by atoms with E-state index in [0.29, 0.717) is 17.4 Å². The van der Waals surface area contributed by atoms with Crippen molar-refractivity contribution < 1.29 is 4.79 Å². The molecule has 0 radical (unpaired) electrons. The normalized spacial score (nSPS) is 10.9. The number of nitrogens with zero attached hydrogens (tertiary/aromatic N) is 5. The molecule has 0 saturated carbocycles. The highest BCUT2D eigenvalue weighted by Crippen LogP contribution is 2.32. The van der Waals surface area contributed by atoms with E-state index in [-0.39, 0.29) is 5.91 Å². The third kappa shape index (κ3) is 5.29. The Hall–Kier alpha value is -3.23. The van der Waals surface area contributed by atoms with E-state index in [9.17, 15) is 4.79 Å². The Balaban J connectivity index is 1.53. The van der Waals surface area contributed by atoms with Gasteiger partial charge in [-0.2, -0.15) is 0 Å². The maximum atomic E-state index is 12.4. The smallest absolute Gasteiger partial charge is 0.230 e. The van der Waals surface area contributed by atoms with E-state index in [4.69, 9.17) is 4.98 Å². The maximum absolute atomic E-state index is 12.4. The molecule has 0 fully saturated rings. The number of rotatable bonds is 9. The molecule has 0 aliphatic carbocycles. The minimum atomic E-state index is -0.0636. The lowest BCUT2D eigenvalue weighted by Gasteiger charge is -2.18. The Bertz CT molecular complexity index is 1290. The Morgan fingerprint density at radius 2 is 2.00 bits per heavy atom. The third-order valence-electron chi connectivity index (χ3n) is 5.30. The van der Waals surface area contributed by atoms with Gasteiger partial charge in [0.05, 0.1) is 11.4 Å². The molecule has 174 valence electrons. The second-order valence-electron chi connectivity index (χ2n) is 7.86. The van der Waals surface area contributed by atoms with E-state index in [1.54, 1.807) is 23.6 Å². The molecule has 0 saturated heterocycles. The first-order valence-corrected chi connectivity index (χ1v) is 12.9. The van der Waals surface area contributed by atoms with Crippen molar-refractivity contribution in [2.45, 2.75) is 44.6 Å². The first-order valence-electron chi connectivity index (χ1n) is 11.1. The number of thiazole rings is 1. The van der Waals surface area contributed by atoms with Crippen molar-refractivity contribution in [1.29, 1.82) is 0 Å². The average Bonchev–Trinajstić information content (AvgIpc) is 3.45. The number of hydrogen-bond acceptors (Lipinski definition) is 6. The predicted octanol–water partition coefficient (Wildman–Crippen LogP) is 6.44. The third-order valence-corrected chi connectivity index (χ3v) is 7.18. The van der Waals surface area contributed by atoms with Crippen LogP contribution in [0.1, 0.15) is 30.7 Å². The summed E-state index contributed by atoms with van der Waals surface area (Å²) in [6, 6.07) is 16.3. The van der Waals surface area contributed by atoms with Gasteiger partial charge in [-0.05, 0) is 37.1 Å². The number of thioether (sulfide) groups is 1.